The second-order valence-electron chi connectivity index (χ2n) is 7.69. The summed E-state index contributed by atoms with van der Waals surface area (Å²) >= 11 is 0. The van der Waals surface area contributed by atoms with Gasteiger partial charge in [0, 0.05) is 0 Å². The van der Waals surface area contributed by atoms with Crippen LogP contribution < -0.4 is 10.6 Å². The number of aliphatic hydroxyl groups excluding tert-OH is 2. The first-order valence-corrected chi connectivity index (χ1v) is 15.5. The van der Waals surface area contributed by atoms with Crippen LogP contribution >= 0.6 is 14.5 Å². The number of ketones is 2. The van der Waals surface area contributed by atoms with Gasteiger partial charge in [0.05, 0.1) is 49.8 Å². The molecule has 170 valence electrons. The number of allylic oxidation sites excluding steroid dienone is 2. The number of Topliss-reactive ketones (excluding diaryl/α,β-unsaturated/α-hetero) is 2. The molecule has 0 radical (unpaired) electrons. The summed E-state index contributed by atoms with van der Waals surface area (Å²) < 4.78 is 0. The summed E-state index contributed by atoms with van der Waals surface area (Å²) in [6.07, 6.45) is 3.04. The molecule has 0 aliphatic rings. The molecule has 4 nitrogen and oxygen atoms in total. The van der Waals surface area contributed by atoms with E-state index in [1.54, 1.807) is 11.6 Å². The van der Waals surface area contributed by atoms with Crippen LogP contribution in [0.5, 0.6) is 0 Å². The lowest BCUT2D eigenvalue weighted by atomic mass is 10.2. The second-order valence-corrected chi connectivity index (χ2v) is 15.9. The van der Waals surface area contributed by atoms with Gasteiger partial charge in [-0.15, -0.1) is 0 Å². The smallest absolute Gasteiger partial charge is 0.274 e. The van der Waals surface area contributed by atoms with Gasteiger partial charge in [-0.3, -0.25) is 9.59 Å². The molecule has 32 heavy (non-hydrogen) atoms. The fourth-order valence-corrected chi connectivity index (χ4v) is 10.0. The van der Waals surface area contributed by atoms with Crippen LogP contribution in [-0.4, -0.2) is 46.4 Å². The number of aliphatic hydroxyl groups is 2. The Labute approximate surface area is 192 Å². The molecule has 2 rings (SSSR count). The molecule has 0 saturated carbocycles. The summed E-state index contributed by atoms with van der Waals surface area (Å²) in [6, 6.07) is 19.6. The molecule has 0 aliphatic carbocycles. The Hall–Kier alpha value is -2.28. The van der Waals surface area contributed by atoms with Gasteiger partial charge in [-0.25, -0.2) is 0 Å². The number of carbonyl (C=O) groups is 2. The Kier molecular flexibility index (Phi) is 9.37. The van der Waals surface area contributed by atoms with Gasteiger partial charge in [0.1, 0.15) is 11.6 Å². The Morgan fingerprint density at radius 3 is 1.16 bits per heavy atom. The zero-order chi connectivity index (χ0) is 23.8. The molecule has 0 unspecified atom stereocenters. The van der Waals surface area contributed by atoms with Crippen molar-refractivity contribution < 1.29 is 19.8 Å². The summed E-state index contributed by atoms with van der Waals surface area (Å²) in [5.41, 5.74) is 0. The van der Waals surface area contributed by atoms with E-state index in [0.717, 1.165) is 35.3 Å². The highest BCUT2D eigenvalue weighted by Crippen LogP contribution is 2.60. The van der Waals surface area contributed by atoms with Crippen LogP contribution in [0.3, 0.4) is 0 Å². The molecule has 2 N–H and O–H groups in total. The first kappa shape index (κ1) is 26.0. The molecule has 2 aromatic carbocycles. The fourth-order valence-electron chi connectivity index (χ4n) is 3.96. The number of hydrogen-bond donors (Lipinski definition) is 2. The summed E-state index contributed by atoms with van der Waals surface area (Å²) in [6.45, 7) is 8.11. The van der Waals surface area contributed by atoms with Crippen LogP contribution in [0.2, 0.25) is 0 Å². The van der Waals surface area contributed by atoms with Crippen LogP contribution in [0.25, 0.3) is 0 Å². The number of carbonyl (C=O) groups excluding carboxylic acids is 2. The zero-order valence-corrected chi connectivity index (χ0v) is 21.2. The maximum atomic E-state index is 12.8. The van der Waals surface area contributed by atoms with Crippen molar-refractivity contribution in [1.29, 1.82) is 0 Å². The minimum Gasteiger partial charge on any atom is -0.502 e. The van der Waals surface area contributed by atoms with E-state index < -0.39 is 37.6 Å². The van der Waals surface area contributed by atoms with Crippen molar-refractivity contribution in [2.75, 3.05) is 24.6 Å². The molecule has 0 saturated heterocycles. The minimum absolute atomic E-state index is 0.576. The Morgan fingerprint density at radius 2 is 0.906 bits per heavy atom. The standard InChI is InChI=1S/C26H32O4P2/c1-5-31(6-2,21-15-11-9-12-16-21)19-23(27)25(29)26(30)24(28)20-32(7-3,8-4)22-17-13-10-14-18-22/h9-20H,5-8H2,1-4H3/p+2/b23-19-,24-20-. The molecular formula is C26H34O4P2+2. The lowest BCUT2D eigenvalue weighted by Gasteiger charge is -2.21. The molecule has 0 spiro atoms. The van der Waals surface area contributed by atoms with Crippen LogP contribution in [-0.2, 0) is 9.59 Å². The van der Waals surface area contributed by atoms with E-state index >= 15 is 0 Å². The fraction of sp³-hybridized carbons (Fsp3) is 0.308. The maximum absolute atomic E-state index is 12.8. The highest BCUT2D eigenvalue weighted by Gasteiger charge is 2.40. The van der Waals surface area contributed by atoms with Gasteiger partial charge in [-0.1, -0.05) is 36.4 Å². The molecule has 0 heterocycles. The molecule has 0 amide bonds. The first-order valence-electron chi connectivity index (χ1n) is 11.1. The largest absolute Gasteiger partial charge is 0.502 e. The van der Waals surface area contributed by atoms with E-state index in [1.807, 2.05) is 88.4 Å². The van der Waals surface area contributed by atoms with Crippen molar-refractivity contribution in [3.05, 3.63) is 83.8 Å². The van der Waals surface area contributed by atoms with Crippen molar-refractivity contribution >= 4 is 36.7 Å². The van der Waals surface area contributed by atoms with Gasteiger partial charge in [-0.2, -0.15) is 0 Å². The molecule has 0 bridgehead atoms. The van der Waals surface area contributed by atoms with E-state index in [2.05, 4.69) is 0 Å². The predicted molar refractivity (Wildman–Crippen MR) is 140 cm³/mol. The lowest BCUT2D eigenvalue weighted by molar-refractivity contribution is -0.134. The van der Waals surface area contributed by atoms with Gasteiger partial charge in [0.25, 0.3) is 11.6 Å². The zero-order valence-electron chi connectivity index (χ0n) is 19.4. The first-order chi connectivity index (χ1) is 15.3. The lowest BCUT2D eigenvalue weighted by Crippen LogP contribution is -2.22. The van der Waals surface area contributed by atoms with Crippen LogP contribution in [0, 0.1) is 0 Å². The molecule has 0 aromatic heterocycles. The van der Waals surface area contributed by atoms with Crippen molar-refractivity contribution in [1.82, 2.24) is 0 Å². The topological polar surface area (TPSA) is 74.6 Å². The second kappa shape index (κ2) is 11.5. The van der Waals surface area contributed by atoms with Gasteiger partial charge in [-0.05, 0) is 52.0 Å². The summed E-state index contributed by atoms with van der Waals surface area (Å²) in [5, 5.41) is 23.4. The minimum atomic E-state index is -1.97. The maximum Gasteiger partial charge on any atom is 0.274 e. The molecule has 0 atom stereocenters. The highest BCUT2D eigenvalue weighted by molar-refractivity contribution is 7.86. The average molecular weight is 473 g/mol. The van der Waals surface area contributed by atoms with E-state index in [9.17, 15) is 19.8 Å². The van der Waals surface area contributed by atoms with Crippen LogP contribution in [0.15, 0.2) is 83.8 Å². The van der Waals surface area contributed by atoms with Crippen molar-refractivity contribution in [3.8, 4) is 0 Å². The van der Waals surface area contributed by atoms with Gasteiger partial charge < -0.3 is 10.2 Å². The van der Waals surface area contributed by atoms with Crippen LogP contribution in [0.4, 0.5) is 0 Å². The van der Waals surface area contributed by atoms with Crippen molar-refractivity contribution in [2.45, 2.75) is 27.7 Å². The molecule has 2 aromatic rings. The highest BCUT2D eigenvalue weighted by atomic mass is 31.2. The third-order valence-electron chi connectivity index (χ3n) is 6.21. The van der Waals surface area contributed by atoms with E-state index in [4.69, 9.17) is 0 Å². The Bertz CT molecular complexity index is 892. The van der Waals surface area contributed by atoms with Gasteiger partial charge in [0.15, 0.2) is 0 Å². The summed E-state index contributed by atoms with van der Waals surface area (Å²) in [4.78, 5) is 25.6. The number of benzene rings is 2. The number of hydrogen-bond acceptors (Lipinski definition) is 4. The average Bonchev–Trinajstić information content (AvgIpc) is 2.85. The van der Waals surface area contributed by atoms with Crippen molar-refractivity contribution in [3.63, 3.8) is 0 Å². The monoisotopic (exact) mass is 472 g/mol. The molecule has 6 heteroatoms. The summed E-state index contributed by atoms with van der Waals surface area (Å²) in [5.74, 6) is -0.108. The normalized spacial score (nSPS) is 13.1. The third-order valence-corrected chi connectivity index (χ3v) is 14.9. The van der Waals surface area contributed by atoms with Gasteiger partial charge in [0.2, 0.25) is 11.5 Å². The SMILES string of the molecule is CC[P+](/C=C(\O)C(=O)C(=O)/C(O)=C/[P+](CC)(CC)c1ccccc1)(CC)c1ccccc1. The quantitative estimate of drug-likeness (QED) is 0.191. The van der Waals surface area contributed by atoms with Crippen molar-refractivity contribution in [2.24, 2.45) is 0 Å². The molecular weight excluding hydrogens is 438 g/mol. The van der Waals surface area contributed by atoms with E-state index in [-0.39, 0.29) is 0 Å². The predicted octanol–water partition coefficient (Wildman–Crippen LogP) is 5.69. The molecule has 0 aliphatic heterocycles. The third kappa shape index (κ3) is 5.55. The summed E-state index contributed by atoms with van der Waals surface area (Å²) in [7, 11) is -3.94. The van der Waals surface area contributed by atoms with Gasteiger partial charge >= 0.3 is 0 Å². The number of rotatable bonds is 11. The van der Waals surface area contributed by atoms with E-state index in [1.165, 1.54) is 0 Å². The Balaban J connectivity index is 2.40. The molecule has 0 fully saturated rings. The van der Waals surface area contributed by atoms with Crippen LogP contribution in [0.1, 0.15) is 27.7 Å². The Morgan fingerprint density at radius 1 is 0.625 bits per heavy atom. The van der Waals surface area contributed by atoms with E-state index in [0.29, 0.717) is 0 Å².